The third-order valence-electron chi connectivity index (χ3n) is 5.34. The first-order valence-electron chi connectivity index (χ1n) is 10.8. The highest BCUT2D eigenvalue weighted by atomic mass is 32.2. The van der Waals surface area contributed by atoms with E-state index in [4.69, 9.17) is 9.47 Å². The second-order valence-electron chi connectivity index (χ2n) is 7.29. The maximum absolute atomic E-state index is 12.8. The first kappa shape index (κ1) is 23.8. The quantitative estimate of drug-likeness (QED) is 0.537. The summed E-state index contributed by atoms with van der Waals surface area (Å²) in [6, 6.07) is 12.2. The molecule has 172 valence electrons. The normalized spacial score (nSPS) is 13.5. The van der Waals surface area contributed by atoms with E-state index in [0.717, 1.165) is 11.1 Å². The van der Waals surface area contributed by atoms with Crippen molar-refractivity contribution in [3.8, 4) is 11.5 Å². The highest BCUT2D eigenvalue weighted by Crippen LogP contribution is 2.34. The lowest BCUT2D eigenvalue weighted by atomic mass is 10.1. The van der Waals surface area contributed by atoms with Crippen LogP contribution in [0.3, 0.4) is 0 Å². The Morgan fingerprint density at radius 3 is 2.31 bits per heavy atom. The van der Waals surface area contributed by atoms with E-state index in [9.17, 15) is 13.2 Å². The van der Waals surface area contributed by atoms with Gasteiger partial charge in [-0.15, -0.1) is 0 Å². The van der Waals surface area contributed by atoms with Crippen molar-refractivity contribution in [3.63, 3.8) is 0 Å². The first-order chi connectivity index (χ1) is 15.4. The third-order valence-corrected chi connectivity index (χ3v) is 7.41. The molecule has 1 heterocycles. The molecule has 32 heavy (non-hydrogen) atoms. The molecule has 1 aliphatic rings. The van der Waals surface area contributed by atoms with Gasteiger partial charge in [-0.25, -0.2) is 8.42 Å². The number of nitrogens with zero attached hydrogens (tertiary/aromatic N) is 2. The van der Waals surface area contributed by atoms with Gasteiger partial charge in [-0.2, -0.15) is 4.31 Å². The van der Waals surface area contributed by atoms with E-state index in [-0.39, 0.29) is 10.8 Å². The van der Waals surface area contributed by atoms with Crippen molar-refractivity contribution in [3.05, 3.63) is 59.7 Å². The van der Waals surface area contributed by atoms with Crippen molar-refractivity contribution < 1.29 is 22.7 Å². The number of ether oxygens (including phenoxy) is 2. The molecule has 0 saturated carbocycles. The van der Waals surface area contributed by atoms with Crippen LogP contribution in [0.5, 0.6) is 11.5 Å². The van der Waals surface area contributed by atoms with Crippen LogP contribution in [0.15, 0.2) is 53.4 Å². The molecular weight excluding hydrogens is 428 g/mol. The average Bonchev–Trinajstić information content (AvgIpc) is 2.82. The van der Waals surface area contributed by atoms with E-state index in [0.29, 0.717) is 50.9 Å². The van der Waals surface area contributed by atoms with Crippen LogP contribution in [0, 0.1) is 0 Å². The topological polar surface area (TPSA) is 76.1 Å². The highest BCUT2D eigenvalue weighted by Gasteiger charge is 2.21. The molecule has 3 rings (SSSR count). The molecule has 0 radical (unpaired) electrons. The molecular formula is C24H30N2O5S. The number of fused-ring (bicyclic) bond motifs is 1. The summed E-state index contributed by atoms with van der Waals surface area (Å²) in [6.45, 7) is 8.34. The lowest BCUT2D eigenvalue weighted by Gasteiger charge is -2.24. The lowest BCUT2D eigenvalue weighted by Crippen LogP contribution is -2.30. The Morgan fingerprint density at radius 2 is 1.66 bits per heavy atom. The number of amides is 1. The van der Waals surface area contributed by atoms with Gasteiger partial charge in [0, 0.05) is 37.8 Å². The molecule has 1 aliphatic heterocycles. The van der Waals surface area contributed by atoms with E-state index in [1.807, 2.05) is 39.0 Å². The van der Waals surface area contributed by atoms with Crippen molar-refractivity contribution in [1.82, 2.24) is 9.21 Å². The van der Waals surface area contributed by atoms with Crippen LogP contribution in [0.1, 0.15) is 31.9 Å². The van der Waals surface area contributed by atoms with E-state index in [1.165, 1.54) is 10.4 Å². The smallest absolute Gasteiger partial charge is 0.246 e. The minimum atomic E-state index is -3.50. The largest absolute Gasteiger partial charge is 0.486 e. The fraction of sp³-hybridized carbons (Fsp3) is 0.375. The molecule has 0 N–H and O–H groups in total. The Balaban J connectivity index is 1.70. The number of carbonyl (C=O) groups is 1. The maximum Gasteiger partial charge on any atom is 0.246 e. The fourth-order valence-electron chi connectivity index (χ4n) is 3.55. The number of sulfonamides is 1. The third kappa shape index (κ3) is 5.31. The van der Waals surface area contributed by atoms with Gasteiger partial charge < -0.3 is 14.4 Å². The van der Waals surface area contributed by atoms with Crippen LogP contribution in [0.25, 0.3) is 6.08 Å². The average molecular weight is 459 g/mol. The number of carbonyl (C=O) groups excluding carboxylic acids is 1. The van der Waals surface area contributed by atoms with Gasteiger partial charge in [-0.1, -0.05) is 38.1 Å². The van der Waals surface area contributed by atoms with Crippen molar-refractivity contribution >= 4 is 22.0 Å². The summed E-state index contributed by atoms with van der Waals surface area (Å²) in [5, 5.41) is 0. The summed E-state index contributed by atoms with van der Waals surface area (Å²) in [7, 11) is -3.50. The second-order valence-corrected chi connectivity index (χ2v) is 9.22. The zero-order valence-corrected chi connectivity index (χ0v) is 19.6. The molecule has 1 amide bonds. The number of para-hydroxylation sites is 1. The SMILES string of the molecule is CCN(Cc1cccc2c1OCCO2)C(=O)/C=C/c1ccc(S(=O)(=O)N(CC)CC)cc1. The number of hydrogen-bond donors (Lipinski definition) is 0. The van der Waals surface area contributed by atoms with Crippen molar-refractivity contribution in [2.75, 3.05) is 32.8 Å². The summed E-state index contributed by atoms with van der Waals surface area (Å²) in [5.74, 6) is 1.26. The van der Waals surface area contributed by atoms with Crippen LogP contribution < -0.4 is 9.47 Å². The van der Waals surface area contributed by atoms with Gasteiger partial charge >= 0.3 is 0 Å². The monoisotopic (exact) mass is 458 g/mol. The first-order valence-corrected chi connectivity index (χ1v) is 12.3. The van der Waals surface area contributed by atoms with Crippen molar-refractivity contribution in [2.45, 2.75) is 32.2 Å². The van der Waals surface area contributed by atoms with Crippen molar-refractivity contribution in [1.29, 1.82) is 0 Å². The van der Waals surface area contributed by atoms with Crippen LogP contribution in [-0.4, -0.2) is 56.4 Å². The summed E-state index contributed by atoms with van der Waals surface area (Å²) < 4.78 is 38.0. The highest BCUT2D eigenvalue weighted by molar-refractivity contribution is 7.89. The van der Waals surface area contributed by atoms with Crippen LogP contribution >= 0.6 is 0 Å². The van der Waals surface area contributed by atoms with Gasteiger partial charge in [0.05, 0.1) is 4.90 Å². The molecule has 0 fully saturated rings. The second kappa shape index (κ2) is 10.7. The standard InChI is InChI=1S/C24H30N2O5S/c1-4-25(18-20-8-7-9-22-24(20)31-17-16-30-22)23(27)15-12-19-10-13-21(14-11-19)32(28,29)26(5-2)6-3/h7-15H,4-6,16-18H2,1-3H3/b15-12+. The number of rotatable bonds is 9. The minimum absolute atomic E-state index is 0.137. The van der Waals surface area contributed by atoms with Gasteiger partial charge in [0.2, 0.25) is 15.9 Å². The summed E-state index contributed by atoms with van der Waals surface area (Å²) in [4.78, 5) is 14.7. The van der Waals surface area contributed by atoms with Gasteiger partial charge in [0.1, 0.15) is 13.2 Å². The molecule has 0 aliphatic carbocycles. The molecule has 0 unspecified atom stereocenters. The van der Waals surface area contributed by atoms with E-state index < -0.39 is 10.0 Å². The molecule has 8 heteroatoms. The van der Waals surface area contributed by atoms with Crippen molar-refractivity contribution in [2.24, 2.45) is 0 Å². The molecule has 7 nitrogen and oxygen atoms in total. The van der Waals surface area contributed by atoms with E-state index >= 15 is 0 Å². The fourth-order valence-corrected chi connectivity index (χ4v) is 5.00. The van der Waals surface area contributed by atoms with Gasteiger partial charge in [0.15, 0.2) is 11.5 Å². The summed E-state index contributed by atoms with van der Waals surface area (Å²) >= 11 is 0. The number of benzene rings is 2. The molecule has 0 bridgehead atoms. The maximum atomic E-state index is 12.8. The summed E-state index contributed by atoms with van der Waals surface area (Å²) in [6.07, 6.45) is 3.20. The zero-order valence-electron chi connectivity index (χ0n) is 18.8. The van der Waals surface area contributed by atoms with Crippen LogP contribution in [0.2, 0.25) is 0 Å². The Bertz CT molecular complexity index is 1060. The molecule has 0 spiro atoms. The predicted molar refractivity (Wildman–Crippen MR) is 124 cm³/mol. The zero-order chi connectivity index (χ0) is 23.1. The van der Waals surface area contributed by atoms with E-state index in [1.54, 1.807) is 35.2 Å². The molecule has 2 aromatic rings. The Hall–Kier alpha value is -2.84. The predicted octanol–water partition coefficient (Wildman–Crippen LogP) is 3.55. The molecule has 2 aromatic carbocycles. The van der Waals surface area contributed by atoms with Gasteiger partial charge in [-0.3, -0.25) is 4.79 Å². The Labute approximate surface area is 190 Å². The van der Waals surface area contributed by atoms with Gasteiger partial charge in [0.25, 0.3) is 0 Å². The Morgan fingerprint density at radius 1 is 0.969 bits per heavy atom. The Kier molecular flexibility index (Phi) is 7.93. The van der Waals surface area contributed by atoms with Crippen LogP contribution in [-0.2, 0) is 21.4 Å². The molecule has 0 saturated heterocycles. The minimum Gasteiger partial charge on any atom is -0.486 e. The van der Waals surface area contributed by atoms with Gasteiger partial charge in [-0.05, 0) is 36.8 Å². The molecule has 0 atom stereocenters. The van der Waals surface area contributed by atoms with E-state index in [2.05, 4.69) is 0 Å². The molecule has 0 aromatic heterocycles. The lowest BCUT2D eigenvalue weighted by molar-refractivity contribution is -0.126. The number of hydrogen-bond acceptors (Lipinski definition) is 5. The summed E-state index contributed by atoms with van der Waals surface area (Å²) in [5.41, 5.74) is 1.65. The number of likely N-dealkylation sites (N-methyl/N-ethyl adjacent to an activating group) is 1. The van der Waals surface area contributed by atoms with Crippen LogP contribution in [0.4, 0.5) is 0 Å².